The lowest BCUT2D eigenvalue weighted by atomic mass is 9.92. The first-order chi connectivity index (χ1) is 9.83. The zero-order valence-electron chi connectivity index (χ0n) is 14.4. The maximum atomic E-state index is 12.2. The summed E-state index contributed by atoms with van der Waals surface area (Å²) in [5.74, 6) is 0.316. The van der Waals surface area contributed by atoms with Gasteiger partial charge in [0.25, 0.3) is 0 Å². The van der Waals surface area contributed by atoms with Gasteiger partial charge in [0.15, 0.2) is 0 Å². The molecule has 1 fully saturated rings. The van der Waals surface area contributed by atoms with Gasteiger partial charge in [0.1, 0.15) is 0 Å². The summed E-state index contributed by atoms with van der Waals surface area (Å²) < 4.78 is 0. The zero-order chi connectivity index (χ0) is 16.0. The van der Waals surface area contributed by atoms with Crippen LogP contribution in [0.25, 0.3) is 0 Å². The average Bonchev–Trinajstić information content (AvgIpc) is 2.51. The van der Waals surface area contributed by atoms with Gasteiger partial charge in [-0.25, -0.2) is 0 Å². The van der Waals surface area contributed by atoms with Crippen molar-refractivity contribution in [2.24, 2.45) is 17.6 Å². The van der Waals surface area contributed by atoms with Crippen molar-refractivity contribution in [1.29, 1.82) is 0 Å². The van der Waals surface area contributed by atoms with E-state index in [0.29, 0.717) is 19.6 Å². The van der Waals surface area contributed by atoms with Gasteiger partial charge in [0, 0.05) is 37.0 Å². The van der Waals surface area contributed by atoms with E-state index in [-0.39, 0.29) is 41.6 Å². The number of nitrogens with one attached hydrogen (secondary N) is 1. The molecule has 1 saturated heterocycles. The highest BCUT2D eigenvalue weighted by Gasteiger charge is 2.29. The lowest BCUT2D eigenvalue weighted by Crippen LogP contribution is -2.51. The number of piperidine rings is 1. The minimum absolute atomic E-state index is 0. The molecular formula is C16H32ClN3O2. The normalized spacial score (nSPS) is 16.4. The van der Waals surface area contributed by atoms with Gasteiger partial charge in [-0.2, -0.15) is 0 Å². The minimum atomic E-state index is -0.302. The highest BCUT2D eigenvalue weighted by Crippen LogP contribution is 2.19. The SMILES string of the molecule is CCC(N)(CC)CNC(=O)C1CCN(C(=O)C(C)C)CC1.Cl. The van der Waals surface area contributed by atoms with Crippen molar-refractivity contribution in [3.05, 3.63) is 0 Å². The van der Waals surface area contributed by atoms with Gasteiger partial charge in [0.05, 0.1) is 0 Å². The largest absolute Gasteiger partial charge is 0.354 e. The van der Waals surface area contributed by atoms with Crippen molar-refractivity contribution >= 4 is 24.2 Å². The van der Waals surface area contributed by atoms with Crippen molar-refractivity contribution in [2.45, 2.75) is 58.9 Å². The van der Waals surface area contributed by atoms with Crippen LogP contribution in [0.15, 0.2) is 0 Å². The van der Waals surface area contributed by atoms with Crippen molar-refractivity contribution in [3.63, 3.8) is 0 Å². The first-order valence-corrected chi connectivity index (χ1v) is 8.18. The number of carbonyl (C=O) groups is 2. The number of hydrogen-bond donors (Lipinski definition) is 2. The Bertz CT molecular complexity index is 362. The van der Waals surface area contributed by atoms with Gasteiger partial charge in [0.2, 0.25) is 11.8 Å². The molecule has 22 heavy (non-hydrogen) atoms. The standard InChI is InChI=1S/C16H31N3O2.ClH/c1-5-16(17,6-2)11-18-14(20)13-7-9-19(10-8-13)15(21)12(3)4;/h12-13H,5-11,17H2,1-4H3,(H,18,20);1H. The molecule has 0 saturated carbocycles. The fraction of sp³-hybridized carbons (Fsp3) is 0.875. The topological polar surface area (TPSA) is 75.4 Å². The second-order valence-corrected chi connectivity index (χ2v) is 6.54. The molecule has 1 rings (SSSR count). The van der Waals surface area contributed by atoms with Crippen LogP contribution in [0.1, 0.15) is 53.4 Å². The highest BCUT2D eigenvalue weighted by atomic mass is 35.5. The smallest absolute Gasteiger partial charge is 0.225 e. The van der Waals surface area contributed by atoms with E-state index in [1.54, 1.807) is 0 Å². The van der Waals surface area contributed by atoms with E-state index in [9.17, 15) is 9.59 Å². The average molecular weight is 334 g/mol. The van der Waals surface area contributed by atoms with Crippen molar-refractivity contribution in [3.8, 4) is 0 Å². The maximum absolute atomic E-state index is 12.2. The molecular weight excluding hydrogens is 302 g/mol. The molecule has 130 valence electrons. The van der Waals surface area contributed by atoms with E-state index >= 15 is 0 Å². The van der Waals surface area contributed by atoms with Crippen LogP contribution in [0.3, 0.4) is 0 Å². The third-order valence-electron chi connectivity index (χ3n) is 4.69. The van der Waals surface area contributed by atoms with Crippen molar-refractivity contribution < 1.29 is 9.59 Å². The number of nitrogens with zero attached hydrogens (tertiary/aromatic N) is 1. The van der Waals surface area contributed by atoms with E-state index in [2.05, 4.69) is 5.32 Å². The number of likely N-dealkylation sites (tertiary alicyclic amines) is 1. The Morgan fingerprint density at radius 2 is 1.73 bits per heavy atom. The number of amides is 2. The lowest BCUT2D eigenvalue weighted by Gasteiger charge is -2.33. The quantitative estimate of drug-likeness (QED) is 0.780. The van der Waals surface area contributed by atoms with E-state index in [4.69, 9.17) is 5.73 Å². The molecule has 1 aliphatic heterocycles. The van der Waals surface area contributed by atoms with Crippen LogP contribution in [-0.2, 0) is 9.59 Å². The third-order valence-corrected chi connectivity index (χ3v) is 4.69. The third kappa shape index (κ3) is 5.76. The molecule has 2 amide bonds. The fourth-order valence-corrected chi connectivity index (χ4v) is 2.63. The number of hydrogen-bond acceptors (Lipinski definition) is 3. The molecule has 0 aromatic rings. The fourth-order valence-electron chi connectivity index (χ4n) is 2.63. The molecule has 0 atom stereocenters. The van der Waals surface area contributed by atoms with Gasteiger partial charge in [-0.1, -0.05) is 27.7 Å². The van der Waals surface area contributed by atoms with Crippen LogP contribution in [0.4, 0.5) is 0 Å². The Hall–Kier alpha value is -0.810. The summed E-state index contributed by atoms with van der Waals surface area (Å²) >= 11 is 0. The lowest BCUT2D eigenvalue weighted by molar-refractivity contribution is -0.138. The Labute approximate surface area is 140 Å². The zero-order valence-corrected chi connectivity index (χ0v) is 15.2. The summed E-state index contributed by atoms with van der Waals surface area (Å²) in [6.07, 6.45) is 3.20. The van der Waals surface area contributed by atoms with Gasteiger partial charge >= 0.3 is 0 Å². The first-order valence-electron chi connectivity index (χ1n) is 8.18. The number of carbonyl (C=O) groups excluding carboxylic acids is 2. The molecule has 1 aliphatic rings. The molecule has 0 unspecified atom stereocenters. The number of halogens is 1. The van der Waals surface area contributed by atoms with E-state index < -0.39 is 0 Å². The summed E-state index contributed by atoms with van der Waals surface area (Å²) in [5, 5.41) is 2.99. The van der Waals surface area contributed by atoms with Gasteiger partial charge in [-0.15, -0.1) is 12.4 Å². The summed E-state index contributed by atoms with van der Waals surface area (Å²) in [4.78, 5) is 26.0. The Kier molecular flexibility index (Phi) is 9.01. The molecule has 0 aromatic carbocycles. The number of nitrogens with two attached hydrogens (primary N) is 1. The molecule has 5 nitrogen and oxygen atoms in total. The molecule has 6 heteroatoms. The van der Waals surface area contributed by atoms with E-state index in [1.807, 2.05) is 32.6 Å². The van der Waals surface area contributed by atoms with Crippen LogP contribution >= 0.6 is 12.4 Å². The summed E-state index contributed by atoms with van der Waals surface area (Å²) in [6.45, 7) is 9.82. The molecule has 0 bridgehead atoms. The monoisotopic (exact) mass is 333 g/mol. The Morgan fingerprint density at radius 3 is 2.14 bits per heavy atom. The second kappa shape index (κ2) is 9.36. The van der Waals surface area contributed by atoms with Gasteiger partial charge in [-0.05, 0) is 25.7 Å². The molecule has 0 spiro atoms. The van der Waals surface area contributed by atoms with Crippen LogP contribution in [0, 0.1) is 11.8 Å². The highest BCUT2D eigenvalue weighted by molar-refractivity contribution is 5.85. The van der Waals surface area contributed by atoms with Crippen molar-refractivity contribution in [2.75, 3.05) is 19.6 Å². The molecule has 1 heterocycles. The predicted molar refractivity (Wildman–Crippen MR) is 91.9 cm³/mol. The van der Waals surface area contributed by atoms with Crippen molar-refractivity contribution in [1.82, 2.24) is 10.2 Å². The predicted octanol–water partition coefficient (Wildman–Crippen LogP) is 1.94. The van der Waals surface area contributed by atoms with Gasteiger partial charge < -0.3 is 16.0 Å². The number of rotatable bonds is 6. The van der Waals surface area contributed by atoms with E-state index in [1.165, 1.54) is 0 Å². The van der Waals surface area contributed by atoms with E-state index in [0.717, 1.165) is 25.7 Å². The van der Waals surface area contributed by atoms with Gasteiger partial charge in [-0.3, -0.25) is 9.59 Å². The minimum Gasteiger partial charge on any atom is -0.354 e. The van der Waals surface area contributed by atoms with Crippen LogP contribution in [0.5, 0.6) is 0 Å². The summed E-state index contributed by atoms with van der Waals surface area (Å²) in [7, 11) is 0. The maximum Gasteiger partial charge on any atom is 0.225 e. The van der Waals surface area contributed by atoms with Crippen LogP contribution in [0.2, 0.25) is 0 Å². The first kappa shape index (κ1) is 21.2. The van der Waals surface area contributed by atoms with Crippen LogP contribution < -0.4 is 11.1 Å². The molecule has 0 radical (unpaired) electrons. The second-order valence-electron chi connectivity index (χ2n) is 6.54. The molecule has 0 aliphatic carbocycles. The Balaban J connectivity index is 0.00000441. The summed E-state index contributed by atoms with van der Waals surface area (Å²) in [6, 6.07) is 0. The molecule has 3 N–H and O–H groups in total. The summed E-state index contributed by atoms with van der Waals surface area (Å²) in [5.41, 5.74) is 5.90. The molecule has 0 aromatic heterocycles. The Morgan fingerprint density at radius 1 is 1.23 bits per heavy atom. The van der Waals surface area contributed by atoms with Crippen LogP contribution in [-0.4, -0.2) is 41.9 Å².